The number of carbonyl (C=O) groups excluding carboxylic acids is 2. The number of nitrogen functional groups attached to an aromatic ring is 1. The summed E-state index contributed by atoms with van der Waals surface area (Å²) in [5.41, 5.74) is 12.1. The molecule has 0 bridgehead atoms. The smallest absolute Gasteiger partial charge is 0.270 e. The lowest BCUT2D eigenvalue weighted by atomic mass is 10.0. The summed E-state index contributed by atoms with van der Waals surface area (Å²) >= 11 is 0. The molecule has 0 aliphatic heterocycles. The normalized spacial score (nSPS) is 11.4. The summed E-state index contributed by atoms with van der Waals surface area (Å²) < 4.78 is 26.8. The molecule has 0 spiro atoms. The first-order valence-corrected chi connectivity index (χ1v) is 11.9. The molecule has 200 valence electrons. The molecule has 10 nitrogen and oxygen atoms in total. The minimum Gasteiger partial charge on any atom is -0.490 e. The van der Waals surface area contributed by atoms with E-state index in [1.807, 2.05) is 0 Å². The molecule has 3 rings (SSSR count). The van der Waals surface area contributed by atoms with Crippen molar-refractivity contribution >= 4 is 23.3 Å². The molecule has 1 unspecified atom stereocenters. The van der Waals surface area contributed by atoms with E-state index in [2.05, 4.69) is 21.2 Å². The number of aryl methyl sites for hydroxylation is 1. The highest BCUT2D eigenvalue weighted by Gasteiger charge is 2.27. The van der Waals surface area contributed by atoms with Gasteiger partial charge in [0.25, 0.3) is 11.8 Å². The van der Waals surface area contributed by atoms with Crippen LogP contribution in [0.3, 0.4) is 0 Å². The number of amidine groups is 1. The monoisotopic (exact) mass is 522 g/mol. The number of anilines is 1. The maximum Gasteiger partial charge on any atom is 0.270 e. The van der Waals surface area contributed by atoms with Gasteiger partial charge in [0.15, 0.2) is 11.5 Å². The Kier molecular flexibility index (Phi) is 9.20. The van der Waals surface area contributed by atoms with Crippen LogP contribution in [-0.2, 0) is 4.79 Å². The van der Waals surface area contributed by atoms with Crippen LogP contribution >= 0.6 is 0 Å². The fourth-order valence-corrected chi connectivity index (χ4v) is 3.57. The standard InChI is InChI=1S/C27H31FN6O4/c1-5-37-22-12-20(21(28)13-23(22)38-15(2)3)24(32-18-8-6-17(7-9-18)25(29)30)27(36)34-33-26(35)19-10-11-31-14-16(19)4/h6-15,24,32H,5H2,1-4H3,(H3,29,30)(H,33,35)(H,34,36). The van der Waals surface area contributed by atoms with Gasteiger partial charge in [-0.2, -0.15) is 0 Å². The van der Waals surface area contributed by atoms with Crippen LogP contribution < -0.4 is 31.4 Å². The van der Waals surface area contributed by atoms with Crippen LogP contribution in [0.5, 0.6) is 11.5 Å². The van der Waals surface area contributed by atoms with Crippen molar-refractivity contribution in [3.8, 4) is 11.5 Å². The first kappa shape index (κ1) is 27.9. The zero-order chi connectivity index (χ0) is 27.8. The van der Waals surface area contributed by atoms with Crippen molar-refractivity contribution in [3.05, 3.63) is 82.9 Å². The number of rotatable bonds is 10. The van der Waals surface area contributed by atoms with E-state index in [-0.39, 0.29) is 35.6 Å². The molecule has 11 heteroatoms. The summed E-state index contributed by atoms with van der Waals surface area (Å²) in [5, 5.41) is 10.6. The van der Waals surface area contributed by atoms with Crippen molar-refractivity contribution in [1.82, 2.24) is 15.8 Å². The van der Waals surface area contributed by atoms with Crippen molar-refractivity contribution < 1.29 is 23.5 Å². The summed E-state index contributed by atoms with van der Waals surface area (Å²) in [6, 6.07) is 9.19. The number of aromatic nitrogens is 1. The zero-order valence-corrected chi connectivity index (χ0v) is 21.6. The number of hydrogen-bond acceptors (Lipinski definition) is 7. The lowest BCUT2D eigenvalue weighted by Crippen LogP contribution is -2.45. The first-order chi connectivity index (χ1) is 18.1. The van der Waals surface area contributed by atoms with E-state index in [1.165, 1.54) is 30.6 Å². The summed E-state index contributed by atoms with van der Waals surface area (Å²) in [6.45, 7) is 7.38. The van der Waals surface area contributed by atoms with Crippen LogP contribution in [0.4, 0.5) is 10.1 Å². The number of amides is 2. The average Bonchev–Trinajstić information content (AvgIpc) is 2.87. The number of hydrogen-bond donors (Lipinski definition) is 5. The number of nitrogens with two attached hydrogens (primary N) is 1. The third kappa shape index (κ3) is 6.96. The highest BCUT2D eigenvalue weighted by atomic mass is 19.1. The number of carbonyl (C=O) groups is 2. The molecule has 0 radical (unpaired) electrons. The molecule has 0 saturated heterocycles. The van der Waals surface area contributed by atoms with Gasteiger partial charge in [0, 0.05) is 40.8 Å². The number of hydrazine groups is 1. The fraction of sp³-hybridized carbons (Fsp3) is 0.259. The van der Waals surface area contributed by atoms with Crippen LogP contribution in [0.1, 0.15) is 53.9 Å². The molecule has 6 N–H and O–H groups in total. The molecule has 0 fully saturated rings. The minimum atomic E-state index is -1.29. The van der Waals surface area contributed by atoms with Crippen LogP contribution in [0.25, 0.3) is 0 Å². The van der Waals surface area contributed by atoms with Crippen LogP contribution in [0.15, 0.2) is 54.9 Å². The van der Waals surface area contributed by atoms with Crippen molar-refractivity contribution in [1.29, 1.82) is 5.41 Å². The second-order valence-corrected chi connectivity index (χ2v) is 8.62. The Hall–Kier alpha value is -4.67. The molecule has 1 aromatic heterocycles. The van der Waals surface area contributed by atoms with Crippen LogP contribution in [0, 0.1) is 18.2 Å². The molecule has 3 aromatic rings. The van der Waals surface area contributed by atoms with Gasteiger partial charge in [0.05, 0.1) is 12.7 Å². The second kappa shape index (κ2) is 12.5. The van der Waals surface area contributed by atoms with Crippen molar-refractivity contribution in [2.24, 2.45) is 5.73 Å². The molecule has 38 heavy (non-hydrogen) atoms. The summed E-state index contributed by atoms with van der Waals surface area (Å²) in [5.74, 6) is -1.66. The molecule has 2 aromatic carbocycles. The van der Waals surface area contributed by atoms with E-state index >= 15 is 4.39 Å². The summed E-state index contributed by atoms with van der Waals surface area (Å²) in [6.07, 6.45) is 2.75. The molecular weight excluding hydrogens is 491 g/mol. The van der Waals surface area contributed by atoms with Gasteiger partial charge in [-0.3, -0.25) is 30.8 Å². The summed E-state index contributed by atoms with van der Waals surface area (Å²) in [7, 11) is 0. The Morgan fingerprint density at radius 3 is 2.42 bits per heavy atom. The van der Waals surface area contributed by atoms with Gasteiger partial charge in [-0.05, 0) is 69.7 Å². The van der Waals surface area contributed by atoms with E-state index < -0.39 is 23.7 Å². The van der Waals surface area contributed by atoms with E-state index in [4.69, 9.17) is 20.6 Å². The third-order valence-electron chi connectivity index (χ3n) is 5.37. The largest absolute Gasteiger partial charge is 0.490 e. The van der Waals surface area contributed by atoms with Gasteiger partial charge >= 0.3 is 0 Å². The predicted molar refractivity (Wildman–Crippen MR) is 142 cm³/mol. The van der Waals surface area contributed by atoms with E-state index in [0.717, 1.165) is 0 Å². The molecule has 0 aliphatic rings. The third-order valence-corrected chi connectivity index (χ3v) is 5.37. The number of nitrogens with one attached hydrogen (secondary N) is 4. The highest BCUT2D eigenvalue weighted by molar-refractivity contribution is 5.97. The Morgan fingerprint density at radius 1 is 1.11 bits per heavy atom. The molecule has 1 atom stereocenters. The number of halogens is 1. The van der Waals surface area contributed by atoms with Gasteiger partial charge in [-0.25, -0.2) is 4.39 Å². The molecular formula is C27H31FN6O4. The van der Waals surface area contributed by atoms with Crippen molar-refractivity contribution in [3.63, 3.8) is 0 Å². The number of benzene rings is 2. The Balaban J connectivity index is 1.95. The zero-order valence-electron chi connectivity index (χ0n) is 21.6. The molecule has 0 aliphatic carbocycles. The maximum absolute atomic E-state index is 15.4. The minimum absolute atomic E-state index is 0.0351. The summed E-state index contributed by atoms with van der Waals surface area (Å²) in [4.78, 5) is 29.9. The van der Waals surface area contributed by atoms with Crippen molar-refractivity contribution in [2.75, 3.05) is 11.9 Å². The predicted octanol–water partition coefficient (Wildman–Crippen LogP) is 3.61. The lowest BCUT2D eigenvalue weighted by Gasteiger charge is -2.23. The average molecular weight is 523 g/mol. The van der Waals surface area contributed by atoms with Gasteiger partial charge in [-0.15, -0.1) is 0 Å². The Labute approximate surface area is 220 Å². The van der Waals surface area contributed by atoms with Gasteiger partial charge in [-0.1, -0.05) is 0 Å². The molecule has 0 saturated carbocycles. The van der Waals surface area contributed by atoms with Gasteiger partial charge < -0.3 is 20.5 Å². The van der Waals surface area contributed by atoms with Crippen LogP contribution in [0.2, 0.25) is 0 Å². The van der Waals surface area contributed by atoms with Crippen LogP contribution in [-0.4, -0.2) is 35.3 Å². The Bertz CT molecular complexity index is 1310. The van der Waals surface area contributed by atoms with Crippen molar-refractivity contribution in [2.45, 2.75) is 39.8 Å². The first-order valence-electron chi connectivity index (χ1n) is 11.9. The number of ether oxygens (including phenoxy) is 2. The maximum atomic E-state index is 15.4. The highest BCUT2D eigenvalue weighted by Crippen LogP contribution is 2.35. The van der Waals surface area contributed by atoms with E-state index in [1.54, 1.807) is 52.0 Å². The topological polar surface area (TPSA) is 151 Å². The second-order valence-electron chi connectivity index (χ2n) is 8.62. The fourth-order valence-electron chi connectivity index (χ4n) is 3.57. The van der Waals surface area contributed by atoms with Gasteiger partial charge in [0.1, 0.15) is 17.7 Å². The SMILES string of the molecule is CCOc1cc(C(Nc2ccc(C(=N)N)cc2)C(=O)NNC(=O)c2ccncc2C)c(F)cc1OC(C)C. The molecule has 1 heterocycles. The lowest BCUT2D eigenvalue weighted by molar-refractivity contribution is -0.122. The number of nitrogens with zero attached hydrogens (tertiary/aromatic N) is 1. The van der Waals surface area contributed by atoms with E-state index in [0.29, 0.717) is 22.4 Å². The van der Waals surface area contributed by atoms with Gasteiger partial charge in [0.2, 0.25) is 0 Å². The van der Waals surface area contributed by atoms with E-state index in [9.17, 15) is 9.59 Å². The molecule has 2 amide bonds. The number of pyridine rings is 1. The quantitative estimate of drug-likeness (QED) is 0.155. The Morgan fingerprint density at radius 2 is 1.82 bits per heavy atom.